The average Bonchev–Trinajstić information content (AvgIpc) is 2.54. The van der Waals surface area contributed by atoms with Crippen LogP contribution in [-0.2, 0) is 11.2 Å². The average molecular weight is 255 g/mol. The van der Waals surface area contributed by atoms with Gasteiger partial charge in [-0.1, -0.05) is 11.8 Å². The van der Waals surface area contributed by atoms with Crippen LogP contribution >= 0.6 is 23.1 Å². The van der Waals surface area contributed by atoms with E-state index in [2.05, 4.69) is 16.8 Å². The standard InChI is InChI=1S/C11H13NO2S2/c1-3-4-5-6-15-11-12-8(2)9(16-11)7-10(13)14/h5-7H2,1-2H3,(H,13,14). The molecule has 3 nitrogen and oxygen atoms in total. The first-order chi connectivity index (χ1) is 7.63. The van der Waals surface area contributed by atoms with Crippen LogP contribution in [0.1, 0.15) is 23.9 Å². The van der Waals surface area contributed by atoms with Crippen LogP contribution in [0.3, 0.4) is 0 Å². The second-order valence-corrected chi connectivity index (χ2v) is 5.51. The van der Waals surface area contributed by atoms with Crippen molar-refractivity contribution in [3.63, 3.8) is 0 Å². The largest absolute Gasteiger partial charge is 0.481 e. The van der Waals surface area contributed by atoms with Gasteiger partial charge in [0.1, 0.15) is 4.34 Å². The van der Waals surface area contributed by atoms with Crippen LogP contribution in [0.25, 0.3) is 0 Å². The Morgan fingerprint density at radius 2 is 2.38 bits per heavy atom. The van der Waals surface area contributed by atoms with Crippen LogP contribution in [-0.4, -0.2) is 21.8 Å². The maximum Gasteiger partial charge on any atom is 0.308 e. The Balaban J connectivity index is 2.54. The smallest absolute Gasteiger partial charge is 0.308 e. The van der Waals surface area contributed by atoms with Crippen LogP contribution < -0.4 is 0 Å². The van der Waals surface area contributed by atoms with Gasteiger partial charge < -0.3 is 5.11 Å². The molecule has 0 bridgehead atoms. The zero-order valence-corrected chi connectivity index (χ0v) is 10.9. The molecule has 0 saturated heterocycles. The van der Waals surface area contributed by atoms with Crippen molar-refractivity contribution in [2.75, 3.05) is 5.75 Å². The molecule has 1 aromatic rings. The van der Waals surface area contributed by atoms with E-state index in [9.17, 15) is 4.79 Å². The van der Waals surface area contributed by atoms with Gasteiger partial charge in [0.25, 0.3) is 0 Å². The quantitative estimate of drug-likeness (QED) is 0.499. The summed E-state index contributed by atoms with van der Waals surface area (Å²) in [4.78, 5) is 15.8. The monoisotopic (exact) mass is 255 g/mol. The van der Waals surface area contributed by atoms with Gasteiger partial charge in [-0.15, -0.1) is 23.2 Å². The number of rotatable bonds is 5. The normalized spacial score (nSPS) is 9.62. The highest BCUT2D eigenvalue weighted by molar-refractivity contribution is 8.01. The maximum absolute atomic E-state index is 10.6. The molecule has 1 heterocycles. The first-order valence-electron chi connectivity index (χ1n) is 4.84. The second-order valence-electron chi connectivity index (χ2n) is 3.08. The number of aryl methyl sites for hydroxylation is 1. The summed E-state index contributed by atoms with van der Waals surface area (Å²) in [6.07, 6.45) is 0.910. The number of carboxylic acids is 1. The molecule has 1 N–H and O–H groups in total. The fourth-order valence-corrected chi connectivity index (χ4v) is 3.23. The molecule has 0 amide bonds. The number of hydrogen-bond donors (Lipinski definition) is 1. The number of hydrogen-bond acceptors (Lipinski definition) is 4. The highest BCUT2D eigenvalue weighted by atomic mass is 32.2. The van der Waals surface area contributed by atoms with E-state index in [1.54, 1.807) is 11.8 Å². The summed E-state index contributed by atoms with van der Waals surface area (Å²) in [5, 5.41) is 8.70. The molecule has 1 aromatic heterocycles. The molecule has 0 saturated carbocycles. The minimum absolute atomic E-state index is 0.0683. The molecule has 0 aliphatic rings. The van der Waals surface area contributed by atoms with Gasteiger partial charge in [-0.25, -0.2) is 4.98 Å². The number of carbonyl (C=O) groups is 1. The van der Waals surface area contributed by atoms with Crippen molar-refractivity contribution in [3.05, 3.63) is 10.6 Å². The lowest BCUT2D eigenvalue weighted by atomic mass is 10.3. The van der Waals surface area contributed by atoms with Crippen molar-refractivity contribution in [1.29, 1.82) is 0 Å². The molecular weight excluding hydrogens is 242 g/mol. The molecular formula is C11H13NO2S2. The molecule has 0 aromatic carbocycles. The van der Waals surface area contributed by atoms with Crippen molar-refractivity contribution in [2.24, 2.45) is 0 Å². The van der Waals surface area contributed by atoms with Crippen LogP contribution in [0.4, 0.5) is 0 Å². The molecule has 0 spiro atoms. The molecule has 0 fully saturated rings. The number of aliphatic carboxylic acids is 1. The highest BCUT2D eigenvalue weighted by Gasteiger charge is 2.10. The Labute approximate surface area is 103 Å². The van der Waals surface area contributed by atoms with E-state index >= 15 is 0 Å². The third-order valence-electron chi connectivity index (χ3n) is 1.81. The predicted molar refractivity (Wildman–Crippen MR) is 67.0 cm³/mol. The topological polar surface area (TPSA) is 50.2 Å². The van der Waals surface area contributed by atoms with Crippen LogP contribution in [0.2, 0.25) is 0 Å². The van der Waals surface area contributed by atoms with Gasteiger partial charge in [0.2, 0.25) is 0 Å². The molecule has 0 atom stereocenters. The third-order valence-corrected chi connectivity index (χ3v) is 4.12. The van der Waals surface area contributed by atoms with Crippen molar-refractivity contribution in [3.8, 4) is 11.8 Å². The minimum Gasteiger partial charge on any atom is -0.481 e. The Kier molecular flexibility index (Phi) is 5.36. The Bertz CT molecular complexity index is 429. The summed E-state index contributed by atoms with van der Waals surface area (Å²) >= 11 is 3.10. The van der Waals surface area contributed by atoms with Crippen molar-refractivity contribution in [1.82, 2.24) is 4.98 Å². The molecule has 16 heavy (non-hydrogen) atoms. The lowest BCUT2D eigenvalue weighted by Gasteiger charge is -1.90. The minimum atomic E-state index is -0.805. The molecule has 5 heteroatoms. The fraction of sp³-hybridized carbons (Fsp3) is 0.455. The molecule has 0 unspecified atom stereocenters. The molecule has 0 aliphatic heterocycles. The first-order valence-corrected chi connectivity index (χ1v) is 6.64. The van der Waals surface area contributed by atoms with Crippen LogP contribution in [0.5, 0.6) is 0 Å². The van der Waals surface area contributed by atoms with Crippen molar-refractivity contribution in [2.45, 2.75) is 31.0 Å². The number of aromatic nitrogens is 1. The number of carboxylic acid groups (broad SMARTS) is 1. The van der Waals surface area contributed by atoms with E-state index in [0.29, 0.717) is 0 Å². The zero-order chi connectivity index (χ0) is 12.0. The van der Waals surface area contributed by atoms with Gasteiger partial charge in [0, 0.05) is 17.1 Å². The third kappa shape index (κ3) is 4.25. The Morgan fingerprint density at radius 1 is 1.62 bits per heavy atom. The van der Waals surface area contributed by atoms with Gasteiger partial charge in [0.15, 0.2) is 0 Å². The zero-order valence-electron chi connectivity index (χ0n) is 9.24. The SMILES string of the molecule is CC#CCCSc1nc(C)c(CC(=O)O)s1. The lowest BCUT2D eigenvalue weighted by molar-refractivity contribution is -0.136. The van der Waals surface area contributed by atoms with E-state index in [1.807, 2.05) is 13.8 Å². The summed E-state index contributed by atoms with van der Waals surface area (Å²) < 4.78 is 0.937. The lowest BCUT2D eigenvalue weighted by Crippen LogP contribution is -1.99. The fourth-order valence-electron chi connectivity index (χ4n) is 1.08. The van der Waals surface area contributed by atoms with E-state index in [4.69, 9.17) is 5.11 Å². The molecule has 86 valence electrons. The Morgan fingerprint density at radius 3 is 3.00 bits per heavy atom. The van der Waals surface area contributed by atoms with E-state index in [1.165, 1.54) is 11.3 Å². The number of thioether (sulfide) groups is 1. The van der Waals surface area contributed by atoms with Gasteiger partial charge in [-0.3, -0.25) is 4.79 Å². The Hall–Kier alpha value is -0.990. The van der Waals surface area contributed by atoms with E-state index in [-0.39, 0.29) is 6.42 Å². The molecule has 1 rings (SSSR count). The van der Waals surface area contributed by atoms with Crippen molar-refractivity contribution < 1.29 is 9.90 Å². The molecule has 0 radical (unpaired) electrons. The van der Waals surface area contributed by atoms with Crippen molar-refractivity contribution >= 4 is 29.1 Å². The summed E-state index contributed by atoms with van der Waals surface area (Å²) in [6, 6.07) is 0. The first kappa shape index (κ1) is 13.1. The molecule has 0 aliphatic carbocycles. The summed E-state index contributed by atoms with van der Waals surface area (Å²) in [6.45, 7) is 3.67. The highest BCUT2D eigenvalue weighted by Crippen LogP contribution is 2.27. The second kappa shape index (κ2) is 6.56. The van der Waals surface area contributed by atoms with Gasteiger partial charge in [-0.2, -0.15) is 0 Å². The summed E-state index contributed by atoms with van der Waals surface area (Å²) in [7, 11) is 0. The maximum atomic E-state index is 10.6. The predicted octanol–water partition coefficient (Wildman–Crippen LogP) is 2.58. The van der Waals surface area contributed by atoms with Gasteiger partial charge >= 0.3 is 5.97 Å². The van der Waals surface area contributed by atoms with Gasteiger partial charge in [0.05, 0.1) is 12.1 Å². The van der Waals surface area contributed by atoms with Crippen LogP contribution in [0.15, 0.2) is 4.34 Å². The van der Waals surface area contributed by atoms with Gasteiger partial charge in [-0.05, 0) is 13.8 Å². The van der Waals surface area contributed by atoms with E-state index in [0.717, 1.165) is 27.1 Å². The summed E-state index contributed by atoms with van der Waals surface area (Å²) in [5.74, 6) is 5.92. The summed E-state index contributed by atoms with van der Waals surface area (Å²) in [5.41, 5.74) is 0.830. The number of nitrogens with zero attached hydrogens (tertiary/aromatic N) is 1. The van der Waals surface area contributed by atoms with Crippen LogP contribution in [0, 0.1) is 18.8 Å². The number of thiazole rings is 1. The van der Waals surface area contributed by atoms with E-state index < -0.39 is 5.97 Å².